The second kappa shape index (κ2) is 2.54. The van der Waals surface area contributed by atoms with Crippen LogP contribution in [0.3, 0.4) is 0 Å². The maximum atomic E-state index is 11.8. The molecular weight excluding hydrogens is 161 g/mol. The maximum absolute atomic E-state index is 11.8. The van der Waals surface area contributed by atoms with E-state index in [0.29, 0.717) is 11.1 Å². The van der Waals surface area contributed by atoms with Crippen molar-refractivity contribution in [2.75, 3.05) is 6.67 Å². The summed E-state index contributed by atoms with van der Waals surface area (Å²) in [6.45, 7) is -0.370. The Morgan fingerprint density at radius 1 is 1.55 bits per heavy atom. The van der Waals surface area contributed by atoms with Crippen LogP contribution < -0.4 is 0 Å². The lowest BCUT2D eigenvalue weighted by molar-refractivity contribution is -0.0641. The SMILES string of the molecule is ON1C=CC(C(F)(F)F)=NC1. The third-order valence-corrected chi connectivity index (χ3v) is 1.08. The van der Waals surface area contributed by atoms with E-state index in [1.807, 2.05) is 0 Å². The zero-order valence-corrected chi connectivity index (χ0v) is 5.34. The molecule has 11 heavy (non-hydrogen) atoms. The number of hydrogen-bond donors (Lipinski definition) is 1. The second-order valence-electron chi connectivity index (χ2n) is 1.94. The van der Waals surface area contributed by atoms with Gasteiger partial charge in [0.15, 0.2) is 0 Å². The highest BCUT2D eigenvalue weighted by molar-refractivity contribution is 5.99. The lowest BCUT2D eigenvalue weighted by Crippen LogP contribution is -2.27. The molecule has 3 nitrogen and oxygen atoms in total. The topological polar surface area (TPSA) is 35.8 Å². The Bertz CT molecular complexity index is 208. The fourth-order valence-electron chi connectivity index (χ4n) is 0.589. The minimum atomic E-state index is -4.42. The fourth-order valence-corrected chi connectivity index (χ4v) is 0.589. The summed E-state index contributed by atoms with van der Waals surface area (Å²) in [5.74, 6) is 0. The van der Waals surface area contributed by atoms with Gasteiger partial charge in [-0.3, -0.25) is 10.2 Å². The largest absolute Gasteiger partial charge is 0.433 e. The minimum absolute atomic E-state index is 0.370. The van der Waals surface area contributed by atoms with Crippen LogP contribution >= 0.6 is 0 Å². The third-order valence-electron chi connectivity index (χ3n) is 1.08. The van der Waals surface area contributed by atoms with Gasteiger partial charge in [0.2, 0.25) is 0 Å². The van der Waals surface area contributed by atoms with Gasteiger partial charge in [-0.1, -0.05) is 0 Å². The van der Waals surface area contributed by atoms with E-state index in [1.165, 1.54) is 0 Å². The standard InChI is InChI=1S/C5H5F3N2O/c6-5(7,8)4-1-2-10(11)3-9-4/h1-2,11H,3H2. The highest BCUT2D eigenvalue weighted by Crippen LogP contribution is 2.19. The molecule has 1 N–H and O–H groups in total. The molecule has 0 aromatic rings. The van der Waals surface area contributed by atoms with Crippen molar-refractivity contribution in [3.63, 3.8) is 0 Å². The van der Waals surface area contributed by atoms with Crippen molar-refractivity contribution >= 4 is 5.71 Å². The van der Waals surface area contributed by atoms with E-state index in [0.717, 1.165) is 6.20 Å². The van der Waals surface area contributed by atoms with Crippen LogP contribution in [0, 0.1) is 0 Å². The molecule has 0 fully saturated rings. The van der Waals surface area contributed by atoms with Crippen molar-refractivity contribution in [3.05, 3.63) is 12.3 Å². The van der Waals surface area contributed by atoms with E-state index >= 15 is 0 Å². The predicted molar refractivity (Wildman–Crippen MR) is 31.1 cm³/mol. The molecule has 1 rings (SSSR count). The monoisotopic (exact) mass is 166 g/mol. The molecule has 0 radical (unpaired) electrons. The van der Waals surface area contributed by atoms with E-state index < -0.39 is 11.9 Å². The van der Waals surface area contributed by atoms with Crippen LogP contribution in [0.2, 0.25) is 0 Å². The van der Waals surface area contributed by atoms with Crippen molar-refractivity contribution in [2.45, 2.75) is 6.18 Å². The van der Waals surface area contributed by atoms with Crippen LogP contribution in [0.5, 0.6) is 0 Å². The zero-order chi connectivity index (χ0) is 8.48. The summed E-state index contributed by atoms with van der Waals surface area (Å²) in [4.78, 5) is 3.06. The van der Waals surface area contributed by atoms with Crippen LogP contribution in [0.25, 0.3) is 0 Å². The smallest absolute Gasteiger partial charge is 0.287 e. The van der Waals surface area contributed by atoms with Crippen molar-refractivity contribution in [2.24, 2.45) is 4.99 Å². The van der Waals surface area contributed by atoms with Gasteiger partial charge in [-0.05, 0) is 6.08 Å². The fraction of sp³-hybridized carbons (Fsp3) is 0.400. The first kappa shape index (κ1) is 8.06. The number of allylic oxidation sites excluding steroid dienone is 1. The number of alkyl halides is 3. The van der Waals surface area contributed by atoms with E-state index in [-0.39, 0.29) is 6.67 Å². The number of halogens is 3. The third kappa shape index (κ3) is 1.94. The zero-order valence-electron chi connectivity index (χ0n) is 5.34. The molecule has 0 aromatic carbocycles. The summed E-state index contributed by atoms with van der Waals surface area (Å²) < 4.78 is 35.4. The molecule has 6 heteroatoms. The highest BCUT2D eigenvalue weighted by atomic mass is 19.4. The van der Waals surface area contributed by atoms with Crippen molar-refractivity contribution in [3.8, 4) is 0 Å². The van der Waals surface area contributed by atoms with Gasteiger partial charge < -0.3 is 0 Å². The number of rotatable bonds is 0. The molecule has 0 spiro atoms. The van der Waals surface area contributed by atoms with Crippen LogP contribution in [0.15, 0.2) is 17.3 Å². The van der Waals surface area contributed by atoms with Crippen molar-refractivity contribution < 1.29 is 18.4 Å². The van der Waals surface area contributed by atoms with E-state index in [9.17, 15) is 13.2 Å². The van der Waals surface area contributed by atoms with E-state index in [2.05, 4.69) is 4.99 Å². The lowest BCUT2D eigenvalue weighted by atomic mass is 10.3. The molecule has 0 saturated carbocycles. The van der Waals surface area contributed by atoms with Crippen LogP contribution in [-0.2, 0) is 0 Å². The van der Waals surface area contributed by atoms with E-state index in [1.54, 1.807) is 0 Å². The van der Waals surface area contributed by atoms with Gasteiger partial charge in [-0.25, -0.2) is 5.06 Å². The first-order valence-corrected chi connectivity index (χ1v) is 2.75. The van der Waals surface area contributed by atoms with Crippen LogP contribution in [-0.4, -0.2) is 28.8 Å². The van der Waals surface area contributed by atoms with Crippen LogP contribution in [0.4, 0.5) is 13.2 Å². The Hall–Kier alpha value is -1.04. The average Bonchev–Trinajstić information content (AvgIpc) is 1.86. The Morgan fingerprint density at radius 2 is 2.18 bits per heavy atom. The minimum Gasteiger partial charge on any atom is -0.287 e. The van der Waals surface area contributed by atoms with E-state index in [4.69, 9.17) is 5.21 Å². The van der Waals surface area contributed by atoms with Crippen LogP contribution in [0.1, 0.15) is 0 Å². The second-order valence-corrected chi connectivity index (χ2v) is 1.94. The molecule has 0 aliphatic carbocycles. The molecule has 0 atom stereocenters. The first-order chi connectivity index (χ1) is 5.00. The molecule has 1 aliphatic rings. The quantitative estimate of drug-likeness (QED) is 0.586. The number of nitrogens with zero attached hydrogens (tertiary/aromatic N) is 2. The molecule has 62 valence electrons. The number of aliphatic imine (C=N–C) groups is 1. The highest BCUT2D eigenvalue weighted by Gasteiger charge is 2.34. The lowest BCUT2D eigenvalue weighted by Gasteiger charge is -2.15. The van der Waals surface area contributed by atoms with Gasteiger partial charge in [0.1, 0.15) is 12.4 Å². The van der Waals surface area contributed by atoms with Gasteiger partial charge in [-0.2, -0.15) is 13.2 Å². The van der Waals surface area contributed by atoms with Crippen molar-refractivity contribution in [1.82, 2.24) is 5.06 Å². The van der Waals surface area contributed by atoms with Gasteiger partial charge in [-0.15, -0.1) is 0 Å². The number of hydrogen-bond acceptors (Lipinski definition) is 3. The Morgan fingerprint density at radius 3 is 2.55 bits per heavy atom. The van der Waals surface area contributed by atoms with Gasteiger partial charge >= 0.3 is 6.18 Å². The van der Waals surface area contributed by atoms with Gasteiger partial charge in [0.25, 0.3) is 0 Å². The number of hydroxylamine groups is 2. The Labute approximate surface area is 60.4 Å². The molecule has 0 saturated heterocycles. The molecule has 0 unspecified atom stereocenters. The summed E-state index contributed by atoms with van der Waals surface area (Å²) in [6, 6.07) is 0. The average molecular weight is 166 g/mol. The Balaban J connectivity index is 2.71. The van der Waals surface area contributed by atoms with Crippen molar-refractivity contribution in [1.29, 1.82) is 0 Å². The predicted octanol–water partition coefficient (Wildman–Crippen LogP) is 1.17. The summed E-state index contributed by atoms with van der Waals surface area (Å²) in [7, 11) is 0. The molecule has 1 aliphatic heterocycles. The Kier molecular flexibility index (Phi) is 1.86. The summed E-state index contributed by atoms with van der Waals surface area (Å²) >= 11 is 0. The summed E-state index contributed by atoms with van der Waals surface area (Å²) in [5, 5.41) is 9.13. The molecule has 0 bridgehead atoms. The summed E-state index contributed by atoms with van der Waals surface area (Å²) in [5.41, 5.74) is -0.970. The molecule has 1 heterocycles. The maximum Gasteiger partial charge on any atom is 0.433 e. The molecule has 0 amide bonds. The summed E-state index contributed by atoms with van der Waals surface area (Å²) in [6.07, 6.45) is -2.79. The van der Waals surface area contributed by atoms with Gasteiger partial charge in [0, 0.05) is 6.20 Å². The molecule has 0 aromatic heterocycles. The molecular formula is C5H5F3N2O. The first-order valence-electron chi connectivity index (χ1n) is 2.75. The normalized spacial score (nSPS) is 18.5. The van der Waals surface area contributed by atoms with Gasteiger partial charge in [0.05, 0.1) is 0 Å².